The maximum Gasteiger partial charge on any atom is 0.407 e. The lowest BCUT2D eigenvalue weighted by Crippen LogP contribution is -2.47. The zero-order valence-corrected chi connectivity index (χ0v) is 11.2. The molecule has 3 N–H and O–H groups in total. The Morgan fingerprint density at radius 2 is 1.90 bits per heavy atom. The lowest BCUT2D eigenvalue weighted by Gasteiger charge is -2.21. The van der Waals surface area contributed by atoms with Crippen LogP contribution in [0.4, 0.5) is 24.5 Å². The fraction of sp³-hybridized carbons (Fsp3) is 0.400. The molecule has 0 bridgehead atoms. The van der Waals surface area contributed by atoms with E-state index in [-0.39, 0.29) is 12.8 Å². The van der Waals surface area contributed by atoms with Crippen molar-refractivity contribution < 1.29 is 26.5 Å². The first-order valence-corrected chi connectivity index (χ1v) is 7.11. The molecule has 0 heterocycles. The number of non-ortho nitro benzene ring substituents is 1. The molecule has 0 spiro atoms. The molecule has 1 fully saturated rings. The van der Waals surface area contributed by atoms with Crippen molar-refractivity contribution in [2.45, 2.75) is 29.5 Å². The third-order valence-electron chi connectivity index (χ3n) is 3.12. The summed E-state index contributed by atoms with van der Waals surface area (Å²) in [4.78, 5) is 9.11. The largest absolute Gasteiger partial charge is 0.407 e. The molecular formula is C10H10F3N3O4S. The van der Waals surface area contributed by atoms with E-state index < -0.39 is 42.9 Å². The summed E-state index contributed by atoms with van der Waals surface area (Å²) >= 11 is 0. The summed E-state index contributed by atoms with van der Waals surface area (Å²) in [5, 5.41) is 10.5. The number of hydrogen-bond donors (Lipinski definition) is 2. The summed E-state index contributed by atoms with van der Waals surface area (Å²) in [6, 6.07) is 2.45. The number of nitro benzene ring substituents is 1. The van der Waals surface area contributed by atoms with Gasteiger partial charge in [-0.3, -0.25) is 10.1 Å². The third kappa shape index (κ3) is 2.78. The molecule has 0 radical (unpaired) electrons. The molecule has 21 heavy (non-hydrogen) atoms. The van der Waals surface area contributed by atoms with Crippen molar-refractivity contribution in [2.75, 3.05) is 5.73 Å². The molecule has 0 atom stereocenters. The monoisotopic (exact) mass is 325 g/mol. The van der Waals surface area contributed by atoms with Gasteiger partial charge in [-0.1, -0.05) is 0 Å². The van der Waals surface area contributed by atoms with Gasteiger partial charge in [0.1, 0.15) is 10.4 Å². The van der Waals surface area contributed by atoms with E-state index in [0.29, 0.717) is 0 Å². The number of anilines is 1. The lowest BCUT2D eigenvalue weighted by molar-refractivity contribution is -0.384. The summed E-state index contributed by atoms with van der Waals surface area (Å²) in [6.45, 7) is 0. The molecule has 0 aromatic heterocycles. The van der Waals surface area contributed by atoms with Crippen LogP contribution in [0.2, 0.25) is 0 Å². The molecule has 0 saturated heterocycles. The second-order valence-corrected chi connectivity index (χ2v) is 6.32. The van der Waals surface area contributed by atoms with Crippen LogP contribution in [0.15, 0.2) is 23.1 Å². The first-order chi connectivity index (χ1) is 9.48. The fourth-order valence-corrected chi connectivity index (χ4v) is 3.34. The highest BCUT2D eigenvalue weighted by Gasteiger charge is 2.65. The first-order valence-electron chi connectivity index (χ1n) is 5.63. The smallest absolute Gasteiger partial charge is 0.397 e. The minimum atomic E-state index is -4.71. The first kappa shape index (κ1) is 15.5. The lowest BCUT2D eigenvalue weighted by atomic mass is 10.3. The second-order valence-electron chi connectivity index (χ2n) is 4.66. The standard InChI is InChI=1S/C10H10F3N3O4S/c11-10(12,13)9(3-4-9)15-21(19,20)8-2-1-6(16(17)18)5-7(8)14/h1-2,5,15H,3-4,14H2. The van der Waals surface area contributed by atoms with E-state index in [1.165, 1.54) is 0 Å². The van der Waals surface area contributed by atoms with Gasteiger partial charge in [0, 0.05) is 12.1 Å². The van der Waals surface area contributed by atoms with E-state index in [1.807, 2.05) is 0 Å². The van der Waals surface area contributed by atoms with E-state index in [2.05, 4.69) is 0 Å². The summed E-state index contributed by atoms with van der Waals surface area (Å²) in [5.74, 6) is 0. The van der Waals surface area contributed by atoms with Crippen molar-refractivity contribution >= 4 is 21.4 Å². The summed E-state index contributed by atoms with van der Waals surface area (Å²) in [6.07, 6.45) is -5.43. The van der Waals surface area contributed by atoms with Crippen LogP contribution < -0.4 is 10.5 Å². The van der Waals surface area contributed by atoms with Crippen LogP contribution in [0.1, 0.15) is 12.8 Å². The van der Waals surface area contributed by atoms with Crippen molar-refractivity contribution in [1.29, 1.82) is 0 Å². The van der Waals surface area contributed by atoms with E-state index in [9.17, 15) is 31.7 Å². The average molecular weight is 325 g/mol. The van der Waals surface area contributed by atoms with Crippen LogP contribution in [0.5, 0.6) is 0 Å². The number of nitro groups is 1. The molecule has 0 aliphatic heterocycles. The Balaban J connectivity index is 2.35. The third-order valence-corrected chi connectivity index (χ3v) is 4.73. The van der Waals surface area contributed by atoms with E-state index in [1.54, 1.807) is 4.72 Å². The average Bonchev–Trinajstić information content (AvgIpc) is 3.07. The van der Waals surface area contributed by atoms with Crippen molar-refractivity contribution in [3.8, 4) is 0 Å². The highest BCUT2D eigenvalue weighted by atomic mass is 32.2. The molecule has 1 aromatic rings. The normalized spacial score (nSPS) is 17.5. The Kier molecular flexibility index (Phi) is 3.37. The Morgan fingerprint density at radius 3 is 2.29 bits per heavy atom. The molecule has 0 amide bonds. The van der Waals surface area contributed by atoms with Crippen molar-refractivity contribution in [2.24, 2.45) is 0 Å². The minimum Gasteiger partial charge on any atom is -0.397 e. The molecule has 1 saturated carbocycles. The predicted octanol–water partition coefficient (Wildman–Crippen LogP) is 1.55. The topological polar surface area (TPSA) is 115 Å². The highest BCUT2D eigenvalue weighted by Crippen LogP contribution is 2.49. The number of alkyl halides is 3. The zero-order valence-electron chi connectivity index (χ0n) is 10.3. The van der Waals surface area contributed by atoms with Gasteiger partial charge < -0.3 is 5.73 Å². The van der Waals surface area contributed by atoms with Gasteiger partial charge in [0.2, 0.25) is 10.0 Å². The van der Waals surface area contributed by atoms with Crippen molar-refractivity contribution in [3.05, 3.63) is 28.3 Å². The number of halogens is 3. The Hall–Kier alpha value is -1.88. The SMILES string of the molecule is Nc1cc([N+](=O)[O-])ccc1S(=O)(=O)NC1(C(F)(F)F)CC1. The number of nitrogens with zero attached hydrogens (tertiary/aromatic N) is 1. The number of nitrogens with two attached hydrogens (primary N) is 1. The Morgan fingerprint density at radius 1 is 1.33 bits per heavy atom. The van der Waals surface area contributed by atoms with Crippen LogP contribution >= 0.6 is 0 Å². The molecule has 1 aliphatic rings. The molecule has 116 valence electrons. The minimum absolute atomic E-state index is 0.359. The quantitative estimate of drug-likeness (QED) is 0.495. The number of nitrogen functional groups attached to an aromatic ring is 1. The molecule has 2 rings (SSSR count). The number of sulfonamides is 1. The molecule has 7 nitrogen and oxygen atoms in total. The number of hydrogen-bond acceptors (Lipinski definition) is 5. The fourth-order valence-electron chi connectivity index (χ4n) is 1.77. The number of rotatable bonds is 4. The molecule has 1 aliphatic carbocycles. The van der Waals surface area contributed by atoms with Crippen LogP contribution in [-0.4, -0.2) is 25.1 Å². The van der Waals surface area contributed by atoms with Gasteiger partial charge in [0.05, 0.1) is 10.6 Å². The van der Waals surface area contributed by atoms with Crippen LogP contribution in [0.3, 0.4) is 0 Å². The van der Waals surface area contributed by atoms with Gasteiger partial charge in [0.25, 0.3) is 5.69 Å². The molecule has 0 unspecified atom stereocenters. The summed E-state index contributed by atoms with van der Waals surface area (Å²) in [5.41, 5.74) is 1.97. The van der Waals surface area contributed by atoms with Crippen LogP contribution in [0, 0.1) is 10.1 Å². The van der Waals surface area contributed by atoms with Gasteiger partial charge in [-0.05, 0) is 18.9 Å². The van der Waals surface area contributed by atoms with Gasteiger partial charge in [-0.2, -0.15) is 17.9 Å². The molecule has 11 heteroatoms. The van der Waals surface area contributed by atoms with Crippen molar-refractivity contribution in [1.82, 2.24) is 4.72 Å². The van der Waals surface area contributed by atoms with Crippen LogP contribution in [-0.2, 0) is 10.0 Å². The van der Waals surface area contributed by atoms with E-state index in [4.69, 9.17) is 5.73 Å². The van der Waals surface area contributed by atoms with E-state index >= 15 is 0 Å². The van der Waals surface area contributed by atoms with Gasteiger partial charge in [-0.25, -0.2) is 8.42 Å². The van der Waals surface area contributed by atoms with Gasteiger partial charge in [-0.15, -0.1) is 0 Å². The van der Waals surface area contributed by atoms with E-state index in [0.717, 1.165) is 18.2 Å². The zero-order chi connectivity index (χ0) is 16.1. The maximum absolute atomic E-state index is 12.8. The molecular weight excluding hydrogens is 315 g/mol. The number of benzene rings is 1. The summed E-state index contributed by atoms with van der Waals surface area (Å²) in [7, 11) is -4.53. The number of nitrogens with one attached hydrogen (secondary N) is 1. The predicted molar refractivity (Wildman–Crippen MR) is 65.9 cm³/mol. The Labute approximate surface area is 117 Å². The van der Waals surface area contributed by atoms with Gasteiger partial charge in [0.15, 0.2) is 0 Å². The second kappa shape index (κ2) is 4.56. The van der Waals surface area contributed by atoms with Crippen LogP contribution in [0.25, 0.3) is 0 Å². The van der Waals surface area contributed by atoms with Gasteiger partial charge >= 0.3 is 6.18 Å². The highest BCUT2D eigenvalue weighted by molar-refractivity contribution is 7.89. The molecule has 1 aromatic carbocycles. The Bertz CT molecular complexity index is 698. The summed E-state index contributed by atoms with van der Waals surface area (Å²) < 4.78 is 63.8. The van der Waals surface area contributed by atoms with Crippen molar-refractivity contribution in [3.63, 3.8) is 0 Å². The maximum atomic E-state index is 12.8.